The van der Waals surface area contributed by atoms with Crippen molar-refractivity contribution in [3.05, 3.63) is 24.3 Å². The molecular weight excluding hydrogens is 181 g/mol. The molecule has 0 aliphatic heterocycles. The lowest BCUT2D eigenvalue weighted by atomic mass is 10.2. The maximum atomic E-state index is 13.2. The van der Waals surface area contributed by atoms with E-state index in [1.165, 1.54) is 6.20 Å². The summed E-state index contributed by atoms with van der Waals surface area (Å²) >= 11 is 0. The van der Waals surface area contributed by atoms with E-state index >= 15 is 0 Å². The molecule has 1 aromatic heterocycles. The highest BCUT2D eigenvalue weighted by molar-refractivity contribution is 5.44. The molecule has 2 unspecified atom stereocenters. The van der Waals surface area contributed by atoms with Gasteiger partial charge in [0.1, 0.15) is 0 Å². The summed E-state index contributed by atoms with van der Waals surface area (Å²) in [5, 5.41) is 3.12. The Bertz CT molecular complexity index is 316. The number of anilines is 1. The number of aromatic nitrogens is 1. The average Bonchev–Trinajstić information content (AvgIpc) is 2.56. The highest BCUT2D eigenvalue weighted by Gasteiger charge is 2.24. The number of hydrogen-bond donors (Lipinski definition) is 2. The zero-order valence-electron chi connectivity index (χ0n) is 7.91. The molecule has 2 rings (SSSR count). The zero-order valence-corrected chi connectivity index (χ0v) is 7.91. The molecule has 3 nitrogen and oxygen atoms in total. The molecule has 1 aliphatic carbocycles. The molecule has 1 fully saturated rings. The van der Waals surface area contributed by atoms with Gasteiger partial charge >= 0.3 is 0 Å². The number of pyridine rings is 1. The summed E-state index contributed by atoms with van der Waals surface area (Å²) in [4.78, 5) is 3.69. The molecule has 0 bridgehead atoms. The van der Waals surface area contributed by atoms with Crippen LogP contribution in [0.25, 0.3) is 0 Å². The molecule has 1 heterocycles. The standard InChI is InChI=1S/C10H14FN3/c11-7-6-13-5-4-9(7)14-10-3-1-2-8(10)12/h4-6,8,10H,1-3,12H2,(H,13,14). The van der Waals surface area contributed by atoms with Gasteiger partial charge in [0, 0.05) is 18.3 Å². The molecule has 0 aromatic carbocycles. The van der Waals surface area contributed by atoms with Crippen LogP contribution in [0.2, 0.25) is 0 Å². The van der Waals surface area contributed by atoms with Gasteiger partial charge in [0.05, 0.1) is 11.9 Å². The van der Waals surface area contributed by atoms with Gasteiger partial charge in [-0.2, -0.15) is 0 Å². The molecular formula is C10H14FN3. The van der Waals surface area contributed by atoms with E-state index in [4.69, 9.17) is 5.73 Å². The Kier molecular flexibility index (Phi) is 2.63. The van der Waals surface area contributed by atoms with Crippen LogP contribution in [0.1, 0.15) is 19.3 Å². The van der Waals surface area contributed by atoms with Crippen molar-refractivity contribution in [2.24, 2.45) is 5.73 Å². The van der Waals surface area contributed by atoms with E-state index < -0.39 is 0 Å². The maximum Gasteiger partial charge on any atom is 0.164 e. The number of nitrogens with two attached hydrogens (primary N) is 1. The summed E-state index contributed by atoms with van der Waals surface area (Å²) in [5.41, 5.74) is 6.38. The minimum Gasteiger partial charge on any atom is -0.378 e. The lowest BCUT2D eigenvalue weighted by Crippen LogP contribution is -2.35. The normalized spacial score (nSPS) is 26.4. The number of hydrogen-bond acceptors (Lipinski definition) is 3. The van der Waals surface area contributed by atoms with Gasteiger partial charge in [-0.1, -0.05) is 0 Å². The summed E-state index contributed by atoms with van der Waals surface area (Å²) < 4.78 is 13.2. The van der Waals surface area contributed by atoms with Crippen molar-refractivity contribution in [1.82, 2.24) is 4.98 Å². The predicted molar refractivity (Wildman–Crippen MR) is 53.4 cm³/mol. The molecule has 0 radical (unpaired) electrons. The van der Waals surface area contributed by atoms with E-state index in [2.05, 4.69) is 10.3 Å². The topological polar surface area (TPSA) is 50.9 Å². The number of halogens is 1. The third kappa shape index (κ3) is 1.85. The second-order valence-corrected chi connectivity index (χ2v) is 3.70. The maximum absolute atomic E-state index is 13.2. The summed E-state index contributed by atoms with van der Waals surface area (Å²) in [7, 11) is 0. The summed E-state index contributed by atoms with van der Waals surface area (Å²) in [6.45, 7) is 0. The molecule has 1 aliphatic rings. The van der Waals surface area contributed by atoms with Gasteiger partial charge in [-0.15, -0.1) is 0 Å². The summed E-state index contributed by atoms with van der Waals surface area (Å²) in [5.74, 6) is -0.313. The zero-order chi connectivity index (χ0) is 9.97. The number of rotatable bonds is 2. The van der Waals surface area contributed by atoms with Gasteiger partial charge in [0.15, 0.2) is 5.82 Å². The van der Waals surface area contributed by atoms with E-state index in [0.29, 0.717) is 5.69 Å². The van der Waals surface area contributed by atoms with Crippen LogP contribution in [0.3, 0.4) is 0 Å². The van der Waals surface area contributed by atoms with Gasteiger partial charge in [0.25, 0.3) is 0 Å². The predicted octanol–water partition coefficient (Wildman–Crippen LogP) is 1.51. The van der Waals surface area contributed by atoms with Crippen LogP contribution in [-0.2, 0) is 0 Å². The van der Waals surface area contributed by atoms with Crippen molar-refractivity contribution < 1.29 is 4.39 Å². The fourth-order valence-corrected chi connectivity index (χ4v) is 1.86. The van der Waals surface area contributed by atoms with Crippen LogP contribution in [0.5, 0.6) is 0 Å². The molecule has 14 heavy (non-hydrogen) atoms. The van der Waals surface area contributed by atoms with E-state index in [1.54, 1.807) is 12.3 Å². The molecule has 0 amide bonds. The van der Waals surface area contributed by atoms with Crippen molar-refractivity contribution in [3.8, 4) is 0 Å². The minimum atomic E-state index is -0.313. The van der Waals surface area contributed by atoms with Crippen LogP contribution < -0.4 is 11.1 Å². The highest BCUT2D eigenvalue weighted by Crippen LogP contribution is 2.22. The summed E-state index contributed by atoms with van der Waals surface area (Å²) in [6.07, 6.45) is 5.94. The van der Waals surface area contributed by atoms with Crippen molar-refractivity contribution in [2.75, 3.05) is 5.32 Å². The first-order valence-corrected chi connectivity index (χ1v) is 4.89. The first-order valence-electron chi connectivity index (χ1n) is 4.89. The molecule has 1 aromatic rings. The van der Waals surface area contributed by atoms with Gasteiger partial charge in [-0.05, 0) is 25.3 Å². The van der Waals surface area contributed by atoms with Gasteiger partial charge in [0.2, 0.25) is 0 Å². The molecule has 1 saturated carbocycles. The Morgan fingerprint density at radius 3 is 3.00 bits per heavy atom. The van der Waals surface area contributed by atoms with E-state index in [9.17, 15) is 4.39 Å². The van der Waals surface area contributed by atoms with E-state index in [0.717, 1.165) is 19.3 Å². The Morgan fingerprint density at radius 1 is 1.50 bits per heavy atom. The molecule has 3 N–H and O–H groups in total. The first kappa shape index (κ1) is 9.40. The van der Waals surface area contributed by atoms with Crippen molar-refractivity contribution >= 4 is 5.69 Å². The fraction of sp³-hybridized carbons (Fsp3) is 0.500. The quantitative estimate of drug-likeness (QED) is 0.752. The van der Waals surface area contributed by atoms with Crippen LogP contribution in [0.15, 0.2) is 18.5 Å². The number of nitrogens with zero attached hydrogens (tertiary/aromatic N) is 1. The second kappa shape index (κ2) is 3.92. The highest BCUT2D eigenvalue weighted by atomic mass is 19.1. The van der Waals surface area contributed by atoms with Crippen LogP contribution in [0, 0.1) is 5.82 Å². The van der Waals surface area contributed by atoms with Crippen molar-refractivity contribution in [2.45, 2.75) is 31.3 Å². The third-order valence-corrected chi connectivity index (χ3v) is 2.68. The largest absolute Gasteiger partial charge is 0.378 e. The molecule has 0 spiro atoms. The first-order chi connectivity index (χ1) is 6.77. The second-order valence-electron chi connectivity index (χ2n) is 3.70. The Labute approximate surface area is 82.5 Å². The molecule has 4 heteroatoms. The van der Waals surface area contributed by atoms with Gasteiger partial charge < -0.3 is 11.1 Å². The number of nitrogens with one attached hydrogen (secondary N) is 1. The lowest BCUT2D eigenvalue weighted by molar-refractivity contribution is 0.603. The summed E-state index contributed by atoms with van der Waals surface area (Å²) in [6, 6.07) is 1.98. The average molecular weight is 195 g/mol. The molecule has 0 saturated heterocycles. The van der Waals surface area contributed by atoms with Crippen LogP contribution in [0.4, 0.5) is 10.1 Å². The van der Waals surface area contributed by atoms with E-state index in [1.807, 2.05) is 0 Å². The van der Waals surface area contributed by atoms with Gasteiger partial charge in [-0.25, -0.2) is 4.39 Å². The third-order valence-electron chi connectivity index (χ3n) is 2.68. The Morgan fingerprint density at radius 2 is 2.36 bits per heavy atom. The van der Waals surface area contributed by atoms with Crippen molar-refractivity contribution in [1.29, 1.82) is 0 Å². The lowest BCUT2D eigenvalue weighted by Gasteiger charge is -2.18. The fourth-order valence-electron chi connectivity index (χ4n) is 1.86. The van der Waals surface area contributed by atoms with Crippen LogP contribution in [-0.4, -0.2) is 17.1 Å². The van der Waals surface area contributed by atoms with E-state index in [-0.39, 0.29) is 17.9 Å². The monoisotopic (exact) mass is 195 g/mol. The minimum absolute atomic E-state index is 0.141. The smallest absolute Gasteiger partial charge is 0.164 e. The van der Waals surface area contributed by atoms with Crippen LogP contribution >= 0.6 is 0 Å². The Hall–Kier alpha value is -1.16. The van der Waals surface area contributed by atoms with Crippen molar-refractivity contribution in [3.63, 3.8) is 0 Å². The Balaban J connectivity index is 2.07. The molecule has 2 atom stereocenters. The SMILES string of the molecule is NC1CCCC1Nc1ccncc1F. The van der Waals surface area contributed by atoms with Gasteiger partial charge in [-0.3, -0.25) is 4.98 Å². The molecule has 76 valence electrons.